The molecule has 22 heavy (non-hydrogen) atoms. The first kappa shape index (κ1) is 14.5. The van der Waals surface area contributed by atoms with Gasteiger partial charge in [0, 0.05) is 11.8 Å². The summed E-state index contributed by atoms with van der Waals surface area (Å²) in [6.07, 6.45) is 1.96. The summed E-state index contributed by atoms with van der Waals surface area (Å²) < 4.78 is 6.68. The van der Waals surface area contributed by atoms with Crippen LogP contribution in [0.15, 0.2) is 28.9 Å². The molecule has 0 aromatic carbocycles. The van der Waals surface area contributed by atoms with E-state index in [-0.39, 0.29) is 23.6 Å². The van der Waals surface area contributed by atoms with Crippen molar-refractivity contribution in [3.05, 3.63) is 46.7 Å². The van der Waals surface area contributed by atoms with Gasteiger partial charge in [0.1, 0.15) is 0 Å². The molecule has 3 aromatic heterocycles. The second kappa shape index (κ2) is 5.76. The van der Waals surface area contributed by atoms with Crippen molar-refractivity contribution in [2.45, 2.75) is 26.3 Å². The number of aryl methyl sites for hydroxylation is 1. The lowest BCUT2D eigenvalue weighted by Gasteiger charge is -2.12. The minimum Gasteiger partial charge on any atom is -0.346 e. The van der Waals surface area contributed by atoms with E-state index in [4.69, 9.17) is 16.1 Å². The minimum absolute atomic E-state index is 0.106. The third kappa shape index (κ3) is 2.67. The average Bonchev–Trinajstić information content (AvgIpc) is 3.05. The Morgan fingerprint density at radius 3 is 3.00 bits per heavy atom. The van der Waals surface area contributed by atoms with Crippen molar-refractivity contribution in [1.82, 2.24) is 25.1 Å². The quantitative estimate of drug-likeness (QED) is 0.796. The molecule has 1 atom stereocenters. The van der Waals surface area contributed by atoms with Crippen LogP contribution in [0.25, 0.3) is 5.65 Å². The van der Waals surface area contributed by atoms with E-state index < -0.39 is 0 Å². The summed E-state index contributed by atoms with van der Waals surface area (Å²) in [6, 6.07) is 5.33. The van der Waals surface area contributed by atoms with Gasteiger partial charge in [0.05, 0.1) is 18.2 Å². The molecule has 3 aromatic rings. The van der Waals surface area contributed by atoms with Crippen LogP contribution in [0.1, 0.15) is 30.0 Å². The first-order valence-corrected chi connectivity index (χ1v) is 7.13. The number of fused-ring (bicyclic) bond motifs is 1. The number of hydrogen-bond acceptors (Lipinski definition) is 5. The summed E-state index contributed by atoms with van der Waals surface area (Å²) in [6.45, 7) is 3.59. The second-order valence-corrected chi connectivity index (χ2v) is 5.32. The molecule has 0 saturated heterocycles. The Balaban J connectivity index is 1.74. The number of halogens is 1. The number of hydrogen-bond donors (Lipinski definition) is 1. The van der Waals surface area contributed by atoms with Crippen LogP contribution in [0, 0.1) is 6.92 Å². The summed E-state index contributed by atoms with van der Waals surface area (Å²) in [5, 5.41) is 14.9. The number of nitrogens with zero attached hydrogens (tertiary/aromatic N) is 4. The highest BCUT2D eigenvalue weighted by molar-refractivity contribution is 6.29. The van der Waals surface area contributed by atoms with E-state index in [9.17, 15) is 4.79 Å². The molecular weight excluding hydrogens is 306 g/mol. The summed E-state index contributed by atoms with van der Waals surface area (Å²) in [5.74, 6) is 0.477. The molecule has 114 valence electrons. The summed E-state index contributed by atoms with van der Waals surface area (Å²) in [7, 11) is 0. The van der Waals surface area contributed by atoms with Gasteiger partial charge in [0.2, 0.25) is 11.1 Å². The zero-order valence-electron chi connectivity index (χ0n) is 12.1. The highest BCUT2D eigenvalue weighted by Gasteiger charge is 2.19. The highest BCUT2D eigenvalue weighted by atomic mass is 35.5. The third-order valence-corrected chi connectivity index (χ3v) is 3.68. The van der Waals surface area contributed by atoms with Crippen LogP contribution in [-0.2, 0) is 11.2 Å². The van der Waals surface area contributed by atoms with Crippen LogP contribution in [0.4, 0.5) is 0 Å². The molecule has 7 nitrogen and oxygen atoms in total. The normalized spacial score (nSPS) is 12.5. The highest BCUT2D eigenvalue weighted by Crippen LogP contribution is 2.20. The Morgan fingerprint density at radius 1 is 1.45 bits per heavy atom. The Hall–Kier alpha value is -2.41. The molecule has 0 bridgehead atoms. The number of pyridine rings is 1. The van der Waals surface area contributed by atoms with Gasteiger partial charge in [-0.2, -0.15) is 0 Å². The van der Waals surface area contributed by atoms with Crippen molar-refractivity contribution in [2.24, 2.45) is 0 Å². The molecule has 0 aliphatic carbocycles. The third-order valence-electron chi connectivity index (χ3n) is 3.38. The Labute approximate surface area is 131 Å². The maximum Gasteiger partial charge on any atom is 0.229 e. The molecule has 0 unspecified atom stereocenters. The van der Waals surface area contributed by atoms with E-state index in [1.807, 2.05) is 35.7 Å². The fourth-order valence-electron chi connectivity index (χ4n) is 2.23. The van der Waals surface area contributed by atoms with Gasteiger partial charge in [-0.25, -0.2) is 0 Å². The van der Waals surface area contributed by atoms with E-state index >= 15 is 0 Å². The zero-order valence-corrected chi connectivity index (χ0v) is 12.8. The van der Waals surface area contributed by atoms with Crippen LogP contribution < -0.4 is 5.32 Å². The summed E-state index contributed by atoms with van der Waals surface area (Å²) in [5.41, 5.74) is 1.94. The van der Waals surface area contributed by atoms with Gasteiger partial charge in [-0.15, -0.1) is 10.2 Å². The van der Waals surface area contributed by atoms with Crippen molar-refractivity contribution in [1.29, 1.82) is 0 Å². The van der Waals surface area contributed by atoms with Crippen LogP contribution in [0.3, 0.4) is 0 Å². The lowest BCUT2D eigenvalue weighted by atomic mass is 10.2. The van der Waals surface area contributed by atoms with Gasteiger partial charge in [-0.3, -0.25) is 9.20 Å². The van der Waals surface area contributed by atoms with Gasteiger partial charge in [-0.1, -0.05) is 11.2 Å². The minimum atomic E-state index is -0.288. The molecular formula is C14H14ClN5O2. The van der Waals surface area contributed by atoms with E-state index in [0.717, 1.165) is 5.65 Å². The molecule has 3 rings (SSSR count). The molecule has 1 N–H and O–H groups in total. The van der Waals surface area contributed by atoms with Crippen molar-refractivity contribution in [3.63, 3.8) is 0 Å². The average molecular weight is 320 g/mol. The largest absolute Gasteiger partial charge is 0.346 e. The van der Waals surface area contributed by atoms with E-state index in [1.165, 1.54) is 0 Å². The number of aromatic nitrogens is 4. The summed E-state index contributed by atoms with van der Waals surface area (Å²) in [4.78, 5) is 12.2. The van der Waals surface area contributed by atoms with Crippen molar-refractivity contribution < 1.29 is 9.32 Å². The van der Waals surface area contributed by atoms with Crippen molar-refractivity contribution >= 4 is 23.2 Å². The van der Waals surface area contributed by atoms with Crippen LogP contribution in [-0.4, -0.2) is 25.7 Å². The fraction of sp³-hybridized carbons (Fsp3) is 0.286. The van der Waals surface area contributed by atoms with Crippen LogP contribution in [0.2, 0.25) is 5.22 Å². The molecule has 3 heterocycles. The Morgan fingerprint density at radius 2 is 2.27 bits per heavy atom. The topological polar surface area (TPSA) is 85.3 Å². The van der Waals surface area contributed by atoms with Crippen LogP contribution >= 0.6 is 11.6 Å². The standard InChI is InChI=1S/C14H14ClN5O2/c1-8-10(13(15)22-19-8)7-12(21)16-9(2)14-18-17-11-5-3-4-6-20(11)14/h3-6,9H,7H2,1-2H3,(H,16,21)/t9-/m0/s1. The van der Waals surface area contributed by atoms with Crippen molar-refractivity contribution in [3.8, 4) is 0 Å². The van der Waals surface area contributed by atoms with Crippen LogP contribution in [0.5, 0.6) is 0 Å². The van der Waals surface area contributed by atoms with Gasteiger partial charge < -0.3 is 9.84 Å². The monoisotopic (exact) mass is 319 g/mol. The fourth-order valence-corrected chi connectivity index (χ4v) is 2.47. The molecule has 0 aliphatic rings. The number of rotatable bonds is 4. The SMILES string of the molecule is Cc1noc(Cl)c1CC(=O)N[C@@H](C)c1nnc2ccccn12. The Bertz CT molecular complexity index is 806. The Kier molecular flexibility index (Phi) is 3.81. The lowest BCUT2D eigenvalue weighted by Crippen LogP contribution is -2.29. The van der Waals surface area contributed by atoms with Gasteiger partial charge in [0.15, 0.2) is 11.5 Å². The molecule has 0 spiro atoms. The molecule has 0 saturated carbocycles. The van der Waals surface area contributed by atoms with Gasteiger partial charge in [-0.05, 0) is 37.6 Å². The molecule has 8 heteroatoms. The first-order valence-electron chi connectivity index (χ1n) is 6.76. The van der Waals surface area contributed by atoms with Gasteiger partial charge >= 0.3 is 0 Å². The number of carbonyl (C=O) groups excluding carboxylic acids is 1. The van der Waals surface area contributed by atoms with E-state index in [0.29, 0.717) is 17.1 Å². The van der Waals surface area contributed by atoms with E-state index in [2.05, 4.69) is 20.7 Å². The maximum absolute atomic E-state index is 12.2. The maximum atomic E-state index is 12.2. The van der Waals surface area contributed by atoms with Gasteiger partial charge in [0.25, 0.3) is 0 Å². The molecule has 0 radical (unpaired) electrons. The van der Waals surface area contributed by atoms with E-state index in [1.54, 1.807) is 6.92 Å². The first-order chi connectivity index (χ1) is 10.6. The zero-order chi connectivity index (χ0) is 15.7. The number of nitrogens with one attached hydrogen (secondary N) is 1. The molecule has 0 fully saturated rings. The second-order valence-electron chi connectivity index (χ2n) is 4.97. The smallest absolute Gasteiger partial charge is 0.229 e. The summed E-state index contributed by atoms with van der Waals surface area (Å²) >= 11 is 5.87. The predicted molar refractivity (Wildman–Crippen MR) is 79.5 cm³/mol. The lowest BCUT2D eigenvalue weighted by molar-refractivity contribution is -0.121. The predicted octanol–water partition coefficient (Wildman–Crippen LogP) is 2.10. The number of amides is 1. The van der Waals surface area contributed by atoms with Crippen molar-refractivity contribution in [2.75, 3.05) is 0 Å². The molecule has 1 amide bonds. The molecule has 0 aliphatic heterocycles. The number of carbonyl (C=O) groups is 1.